The molecule has 9 heteroatoms. The Labute approximate surface area is 132 Å². The largest absolute Gasteiger partial charge is 0.451 e. The molecule has 1 saturated heterocycles. The molecule has 0 bridgehead atoms. The van der Waals surface area contributed by atoms with Gasteiger partial charge in [0, 0.05) is 0 Å². The van der Waals surface area contributed by atoms with Crippen LogP contribution in [0.2, 0.25) is 0 Å². The number of imide groups is 1. The summed E-state index contributed by atoms with van der Waals surface area (Å²) >= 11 is 0. The molecule has 2 unspecified atom stereocenters. The van der Waals surface area contributed by atoms with E-state index in [0.717, 1.165) is 0 Å². The summed E-state index contributed by atoms with van der Waals surface area (Å²) in [6, 6.07) is 4.21. The Kier molecular flexibility index (Phi) is 2.74. The first-order valence-corrected chi connectivity index (χ1v) is 7.19. The molecule has 2 aromatic rings. The average Bonchev–Trinajstić information content (AvgIpc) is 3.24. The number of hydrogen-bond donors (Lipinski definition) is 0. The number of aryl methyl sites for hydroxylation is 1. The number of alkyl halides is 3. The molecule has 6 nitrogen and oxygen atoms in total. The Bertz CT molecular complexity index is 960. The minimum Gasteiger partial charge on any atom is -0.272 e. The first-order chi connectivity index (χ1) is 11.2. The fourth-order valence-corrected chi connectivity index (χ4v) is 3.02. The minimum absolute atomic E-state index is 0.0795. The van der Waals surface area contributed by atoms with Crippen molar-refractivity contribution >= 4 is 22.7 Å². The third-order valence-corrected chi connectivity index (χ3v) is 4.30. The van der Waals surface area contributed by atoms with Crippen LogP contribution in [0.3, 0.4) is 0 Å². The van der Waals surface area contributed by atoms with Gasteiger partial charge in [-0.15, -0.1) is 0 Å². The molecule has 1 aliphatic carbocycles. The van der Waals surface area contributed by atoms with Crippen LogP contribution in [0.4, 0.5) is 13.2 Å². The van der Waals surface area contributed by atoms with Crippen LogP contribution in [0.15, 0.2) is 23.0 Å². The molecule has 24 heavy (non-hydrogen) atoms. The lowest BCUT2D eigenvalue weighted by Gasteiger charge is -2.23. The van der Waals surface area contributed by atoms with Gasteiger partial charge in [-0.25, -0.2) is 4.98 Å². The van der Waals surface area contributed by atoms with Crippen molar-refractivity contribution in [3.05, 3.63) is 39.9 Å². The second-order valence-electron chi connectivity index (χ2n) is 6.01. The Morgan fingerprint density at radius 1 is 1.12 bits per heavy atom. The maximum atomic E-state index is 13.4. The molecule has 1 aromatic heterocycles. The standard InChI is InChI=1S/C15H10F3N3O3/c1-6-2-3-10-9(4-6)13(24)21(14(19-10)15(16,17)18)20-11(22)7-5-8(7)12(20)23/h2-4,7-8H,5H2,1H3. The van der Waals surface area contributed by atoms with Gasteiger partial charge in [-0.1, -0.05) is 11.6 Å². The van der Waals surface area contributed by atoms with E-state index in [1.165, 1.54) is 18.2 Å². The van der Waals surface area contributed by atoms with E-state index in [9.17, 15) is 27.6 Å². The van der Waals surface area contributed by atoms with Crippen LogP contribution in [-0.4, -0.2) is 21.5 Å². The average molecular weight is 337 g/mol. The molecular weight excluding hydrogens is 327 g/mol. The Morgan fingerprint density at radius 2 is 1.75 bits per heavy atom. The summed E-state index contributed by atoms with van der Waals surface area (Å²) in [6.07, 6.45) is -4.67. The van der Waals surface area contributed by atoms with Crippen molar-refractivity contribution in [1.82, 2.24) is 9.66 Å². The van der Waals surface area contributed by atoms with E-state index in [0.29, 0.717) is 17.0 Å². The molecule has 2 atom stereocenters. The highest BCUT2D eigenvalue weighted by atomic mass is 19.4. The molecule has 0 radical (unpaired) electrons. The molecule has 0 spiro atoms. The van der Waals surface area contributed by atoms with Crippen molar-refractivity contribution < 1.29 is 22.8 Å². The van der Waals surface area contributed by atoms with Crippen molar-refractivity contribution in [2.24, 2.45) is 11.8 Å². The highest BCUT2D eigenvalue weighted by Gasteiger charge is 2.61. The van der Waals surface area contributed by atoms with Crippen molar-refractivity contribution in [1.29, 1.82) is 0 Å². The molecule has 1 saturated carbocycles. The number of halogens is 3. The fraction of sp³-hybridized carbons (Fsp3) is 0.333. The molecule has 1 aromatic carbocycles. The van der Waals surface area contributed by atoms with E-state index in [2.05, 4.69) is 4.98 Å². The zero-order chi connectivity index (χ0) is 17.4. The Morgan fingerprint density at radius 3 is 2.33 bits per heavy atom. The summed E-state index contributed by atoms with van der Waals surface area (Å²) in [5.41, 5.74) is -0.577. The van der Waals surface area contributed by atoms with Crippen molar-refractivity contribution in [2.45, 2.75) is 19.5 Å². The summed E-state index contributed by atoms with van der Waals surface area (Å²) in [5, 5.41) is 0.225. The summed E-state index contributed by atoms with van der Waals surface area (Å²) in [5.74, 6) is -4.40. The SMILES string of the molecule is Cc1ccc2nc(C(F)(F)F)n(N3C(=O)C4CC4C3=O)c(=O)c2c1. The number of benzene rings is 1. The van der Waals surface area contributed by atoms with Crippen LogP contribution >= 0.6 is 0 Å². The van der Waals surface area contributed by atoms with E-state index >= 15 is 0 Å². The van der Waals surface area contributed by atoms with Gasteiger partial charge < -0.3 is 0 Å². The number of nitrogens with zero attached hydrogens (tertiary/aromatic N) is 3. The highest BCUT2D eigenvalue weighted by Crippen LogP contribution is 2.46. The number of carbonyl (C=O) groups excluding carboxylic acids is 2. The lowest BCUT2D eigenvalue weighted by Crippen LogP contribution is -2.51. The topological polar surface area (TPSA) is 72.3 Å². The maximum absolute atomic E-state index is 13.4. The molecule has 2 heterocycles. The van der Waals surface area contributed by atoms with Gasteiger partial charge in [0.05, 0.1) is 22.7 Å². The summed E-state index contributed by atoms with van der Waals surface area (Å²) < 4.78 is 40.2. The lowest BCUT2D eigenvalue weighted by atomic mass is 10.1. The smallest absolute Gasteiger partial charge is 0.272 e. The molecule has 2 fully saturated rings. The molecule has 4 rings (SSSR count). The first kappa shape index (κ1) is 14.9. The van der Waals surface area contributed by atoms with E-state index in [1.807, 2.05) is 0 Å². The zero-order valence-electron chi connectivity index (χ0n) is 12.3. The van der Waals surface area contributed by atoms with Crippen LogP contribution in [0.25, 0.3) is 10.9 Å². The number of amides is 2. The van der Waals surface area contributed by atoms with Crippen molar-refractivity contribution in [2.75, 3.05) is 5.01 Å². The quantitative estimate of drug-likeness (QED) is 0.737. The van der Waals surface area contributed by atoms with Crippen LogP contribution in [-0.2, 0) is 15.8 Å². The molecular formula is C15H10F3N3O3. The van der Waals surface area contributed by atoms with E-state index in [-0.39, 0.29) is 15.6 Å². The molecule has 2 amide bonds. The van der Waals surface area contributed by atoms with E-state index in [1.54, 1.807) is 6.92 Å². The van der Waals surface area contributed by atoms with Gasteiger partial charge in [-0.05, 0) is 25.5 Å². The van der Waals surface area contributed by atoms with Crippen LogP contribution < -0.4 is 10.6 Å². The Hall–Kier alpha value is -2.71. The van der Waals surface area contributed by atoms with E-state index < -0.39 is 41.2 Å². The van der Waals surface area contributed by atoms with Gasteiger partial charge in [-0.3, -0.25) is 14.4 Å². The van der Waals surface area contributed by atoms with Gasteiger partial charge in [0.25, 0.3) is 17.4 Å². The second kappa shape index (κ2) is 4.43. The third kappa shape index (κ3) is 1.90. The number of piperidine rings is 1. The van der Waals surface area contributed by atoms with Crippen LogP contribution in [0.5, 0.6) is 0 Å². The number of carbonyl (C=O) groups is 2. The normalized spacial score (nSPS) is 23.1. The maximum Gasteiger partial charge on any atom is 0.451 e. The lowest BCUT2D eigenvalue weighted by molar-refractivity contribution is -0.149. The monoisotopic (exact) mass is 337 g/mol. The Balaban J connectivity index is 2.06. The van der Waals surface area contributed by atoms with Crippen molar-refractivity contribution in [3.8, 4) is 0 Å². The zero-order valence-corrected chi connectivity index (χ0v) is 12.3. The first-order valence-electron chi connectivity index (χ1n) is 7.19. The number of aromatic nitrogens is 2. The highest BCUT2D eigenvalue weighted by molar-refractivity contribution is 6.19. The number of fused-ring (bicyclic) bond motifs is 2. The van der Waals surface area contributed by atoms with Gasteiger partial charge in [0.1, 0.15) is 0 Å². The molecule has 0 N–H and O–H groups in total. The summed E-state index contributed by atoms with van der Waals surface area (Å²) in [6.45, 7) is 1.67. The van der Waals surface area contributed by atoms with Crippen LogP contribution in [0, 0.1) is 18.8 Å². The fourth-order valence-electron chi connectivity index (χ4n) is 3.02. The molecule has 1 aliphatic heterocycles. The summed E-state index contributed by atoms with van der Waals surface area (Å²) in [7, 11) is 0. The predicted molar refractivity (Wildman–Crippen MR) is 75.6 cm³/mol. The van der Waals surface area contributed by atoms with Gasteiger partial charge in [0.2, 0.25) is 5.82 Å². The van der Waals surface area contributed by atoms with E-state index in [4.69, 9.17) is 0 Å². The van der Waals surface area contributed by atoms with Crippen molar-refractivity contribution in [3.63, 3.8) is 0 Å². The van der Waals surface area contributed by atoms with Gasteiger partial charge in [0.15, 0.2) is 0 Å². The number of rotatable bonds is 1. The minimum atomic E-state index is -4.99. The van der Waals surface area contributed by atoms with Gasteiger partial charge in [-0.2, -0.15) is 22.9 Å². The third-order valence-electron chi connectivity index (χ3n) is 4.30. The predicted octanol–water partition coefficient (Wildman–Crippen LogP) is 1.36. The van der Waals surface area contributed by atoms with Crippen LogP contribution in [0.1, 0.15) is 17.8 Å². The summed E-state index contributed by atoms with van der Waals surface area (Å²) in [4.78, 5) is 40.4. The van der Waals surface area contributed by atoms with Gasteiger partial charge >= 0.3 is 6.18 Å². The second-order valence-corrected chi connectivity index (χ2v) is 6.01. The molecule has 124 valence electrons. The molecule has 2 aliphatic rings. The number of hydrogen-bond acceptors (Lipinski definition) is 4.